The molecule has 1 rings (SSSR count). The highest BCUT2D eigenvalue weighted by Crippen LogP contribution is 2.27. The Labute approximate surface area is 131 Å². The number of benzene rings is 1. The van der Waals surface area contributed by atoms with Gasteiger partial charge in [0.1, 0.15) is 5.41 Å². The molecule has 5 nitrogen and oxygen atoms in total. The van der Waals surface area contributed by atoms with Gasteiger partial charge in [-0.3, -0.25) is 14.4 Å². The number of hydrogen-bond donors (Lipinski definition) is 2. The van der Waals surface area contributed by atoms with Crippen LogP contribution in [-0.2, 0) is 19.8 Å². The van der Waals surface area contributed by atoms with E-state index < -0.39 is 11.3 Å². The first kappa shape index (κ1) is 17.9. The van der Waals surface area contributed by atoms with E-state index >= 15 is 0 Å². The van der Waals surface area contributed by atoms with Gasteiger partial charge in [0.25, 0.3) is 0 Å². The minimum absolute atomic E-state index is 0.0932. The zero-order valence-electron chi connectivity index (χ0n) is 13.2. The Morgan fingerprint density at radius 3 is 2.14 bits per heavy atom. The minimum atomic E-state index is -1.50. The largest absolute Gasteiger partial charge is 0.368 e. The van der Waals surface area contributed by atoms with E-state index in [4.69, 9.17) is 5.73 Å². The Morgan fingerprint density at radius 2 is 1.64 bits per heavy atom. The fourth-order valence-corrected chi connectivity index (χ4v) is 2.44. The van der Waals surface area contributed by atoms with E-state index in [0.29, 0.717) is 24.8 Å². The van der Waals surface area contributed by atoms with Crippen molar-refractivity contribution >= 4 is 17.6 Å². The Morgan fingerprint density at radius 1 is 1.05 bits per heavy atom. The fraction of sp³-hybridized carbons (Fsp3) is 0.471. The molecule has 1 unspecified atom stereocenters. The van der Waals surface area contributed by atoms with Gasteiger partial charge in [-0.05, 0) is 18.4 Å². The van der Waals surface area contributed by atoms with Crippen LogP contribution in [-0.4, -0.2) is 24.1 Å². The Balaban J connectivity index is 3.19. The van der Waals surface area contributed by atoms with E-state index in [1.165, 1.54) is 0 Å². The molecule has 0 saturated carbocycles. The van der Waals surface area contributed by atoms with E-state index in [0.717, 1.165) is 0 Å². The average Bonchev–Trinajstić information content (AvgIpc) is 2.49. The molecule has 2 amide bonds. The van der Waals surface area contributed by atoms with Crippen molar-refractivity contribution < 1.29 is 14.4 Å². The quantitative estimate of drug-likeness (QED) is 0.680. The highest BCUT2D eigenvalue weighted by molar-refractivity contribution is 6.11. The summed E-state index contributed by atoms with van der Waals surface area (Å²) in [6.07, 6.45) is 1.90. The highest BCUT2D eigenvalue weighted by Gasteiger charge is 2.45. The van der Waals surface area contributed by atoms with Crippen LogP contribution in [0.5, 0.6) is 0 Å². The maximum atomic E-state index is 12.6. The summed E-state index contributed by atoms with van der Waals surface area (Å²) in [6, 6.07) is 8.70. The van der Waals surface area contributed by atoms with Crippen LogP contribution in [0.4, 0.5) is 0 Å². The number of amides is 2. The number of primary amides is 1. The van der Waals surface area contributed by atoms with Gasteiger partial charge >= 0.3 is 0 Å². The van der Waals surface area contributed by atoms with Crippen molar-refractivity contribution in [1.29, 1.82) is 0 Å². The average molecular weight is 304 g/mol. The molecule has 120 valence electrons. The second-order valence-corrected chi connectivity index (χ2v) is 5.34. The molecule has 3 N–H and O–H groups in total. The van der Waals surface area contributed by atoms with Crippen molar-refractivity contribution in [3.8, 4) is 0 Å². The number of nitrogens with two attached hydrogens (primary N) is 1. The molecule has 1 atom stereocenters. The molecule has 0 bridgehead atoms. The maximum absolute atomic E-state index is 12.6. The molecule has 0 aliphatic rings. The first-order chi connectivity index (χ1) is 10.5. The normalized spacial score (nSPS) is 13.2. The summed E-state index contributed by atoms with van der Waals surface area (Å²) < 4.78 is 0. The molecule has 1 aromatic carbocycles. The summed E-state index contributed by atoms with van der Waals surface area (Å²) in [7, 11) is 0. The molecule has 22 heavy (non-hydrogen) atoms. The molecule has 0 saturated heterocycles. The molecule has 0 heterocycles. The van der Waals surface area contributed by atoms with Gasteiger partial charge in [0, 0.05) is 19.4 Å². The van der Waals surface area contributed by atoms with Crippen LogP contribution >= 0.6 is 0 Å². The maximum Gasteiger partial charge on any atom is 0.237 e. The Bertz CT molecular complexity index is 528. The highest BCUT2D eigenvalue weighted by atomic mass is 16.2. The van der Waals surface area contributed by atoms with Gasteiger partial charge in [-0.2, -0.15) is 0 Å². The van der Waals surface area contributed by atoms with Crippen molar-refractivity contribution in [1.82, 2.24) is 5.32 Å². The first-order valence-corrected chi connectivity index (χ1v) is 7.64. The lowest BCUT2D eigenvalue weighted by Gasteiger charge is -2.30. The lowest BCUT2D eigenvalue weighted by atomic mass is 9.74. The van der Waals surface area contributed by atoms with Crippen molar-refractivity contribution in [2.24, 2.45) is 5.73 Å². The van der Waals surface area contributed by atoms with Crippen LogP contribution in [0.15, 0.2) is 30.3 Å². The van der Waals surface area contributed by atoms with Crippen molar-refractivity contribution in [3.63, 3.8) is 0 Å². The number of carbonyl (C=O) groups excluding carboxylic acids is 3. The molecule has 0 aliphatic carbocycles. The smallest absolute Gasteiger partial charge is 0.237 e. The van der Waals surface area contributed by atoms with Gasteiger partial charge in [-0.25, -0.2) is 0 Å². The van der Waals surface area contributed by atoms with Crippen LogP contribution in [0.3, 0.4) is 0 Å². The fourth-order valence-electron chi connectivity index (χ4n) is 2.44. The van der Waals surface area contributed by atoms with Gasteiger partial charge in [0.05, 0.1) is 0 Å². The number of ketones is 1. The second kappa shape index (κ2) is 8.32. The van der Waals surface area contributed by atoms with Crippen LogP contribution in [0.1, 0.15) is 45.1 Å². The van der Waals surface area contributed by atoms with Gasteiger partial charge in [-0.15, -0.1) is 0 Å². The number of hydrogen-bond acceptors (Lipinski definition) is 3. The molecule has 0 spiro atoms. The third-order valence-electron chi connectivity index (χ3n) is 3.67. The van der Waals surface area contributed by atoms with Crippen molar-refractivity contribution in [2.75, 3.05) is 6.54 Å². The number of rotatable bonds is 9. The van der Waals surface area contributed by atoms with E-state index in [1.54, 1.807) is 30.3 Å². The van der Waals surface area contributed by atoms with Crippen molar-refractivity contribution in [3.05, 3.63) is 35.9 Å². The Kier molecular flexibility index (Phi) is 6.76. The summed E-state index contributed by atoms with van der Waals surface area (Å²) in [6.45, 7) is 3.66. The predicted octanol–water partition coefficient (Wildman–Crippen LogP) is 1.70. The van der Waals surface area contributed by atoms with Gasteiger partial charge in [0.15, 0.2) is 5.78 Å². The monoisotopic (exact) mass is 304 g/mol. The lowest BCUT2D eigenvalue weighted by Crippen LogP contribution is -2.55. The first-order valence-electron chi connectivity index (χ1n) is 7.64. The van der Waals surface area contributed by atoms with Crippen LogP contribution in [0.2, 0.25) is 0 Å². The molecule has 0 radical (unpaired) electrons. The summed E-state index contributed by atoms with van der Waals surface area (Å²) >= 11 is 0. The zero-order valence-corrected chi connectivity index (χ0v) is 13.2. The van der Waals surface area contributed by atoms with Crippen molar-refractivity contribution in [2.45, 2.75) is 44.9 Å². The van der Waals surface area contributed by atoms with E-state index in [2.05, 4.69) is 5.32 Å². The Hall–Kier alpha value is -2.17. The number of Topliss-reactive ketones (excluding diaryl/α,β-unsaturated/α-hetero) is 1. The summed E-state index contributed by atoms with van der Waals surface area (Å²) in [5.41, 5.74) is 4.61. The lowest BCUT2D eigenvalue weighted by molar-refractivity contribution is -0.135. The summed E-state index contributed by atoms with van der Waals surface area (Å²) in [4.78, 5) is 36.5. The third kappa shape index (κ3) is 3.93. The third-order valence-corrected chi connectivity index (χ3v) is 3.67. The van der Waals surface area contributed by atoms with Crippen LogP contribution in [0.25, 0.3) is 0 Å². The van der Waals surface area contributed by atoms with Gasteiger partial charge in [0.2, 0.25) is 11.8 Å². The van der Waals surface area contributed by atoms with Crippen LogP contribution < -0.4 is 11.1 Å². The van der Waals surface area contributed by atoms with E-state index in [9.17, 15) is 14.4 Å². The predicted molar refractivity (Wildman–Crippen MR) is 85.1 cm³/mol. The second-order valence-electron chi connectivity index (χ2n) is 5.34. The summed E-state index contributed by atoms with van der Waals surface area (Å²) in [5.74, 6) is -1.17. The molecular formula is C17H24N2O3. The molecule has 0 fully saturated rings. The number of nitrogens with one attached hydrogen (secondary N) is 1. The van der Waals surface area contributed by atoms with Gasteiger partial charge < -0.3 is 11.1 Å². The number of carbonyl (C=O) groups is 3. The van der Waals surface area contributed by atoms with Gasteiger partial charge in [-0.1, -0.05) is 44.2 Å². The topological polar surface area (TPSA) is 89.3 Å². The zero-order chi connectivity index (χ0) is 16.6. The van der Waals surface area contributed by atoms with Crippen LogP contribution in [0, 0.1) is 0 Å². The molecule has 0 aliphatic heterocycles. The standard InChI is InChI=1S/C17H24N2O3/c1-3-8-14(20)17(16(18)22,12-19-15(21)9-4-2)13-10-6-5-7-11-13/h5-7,10-11H,3-4,8-9,12H2,1-2H3,(H2,18,22)(H,19,21). The summed E-state index contributed by atoms with van der Waals surface area (Å²) in [5, 5.41) is 2.68. The SMILES string of the molecule is CCCC(=O)NCC(C(N)=O)(C(=O)CCC)c1ccccc1. The van der Waals surface area contributed by atoms with E-state index in [-0.39, 0.29) is 24.7 Å². The molecule has 5 heteroatoms. The molecule has 1 aromatic rings. The minimum Gasteiger partial charge on any atom is -0.368 e. The van der Waals surface area contributed by atoms with E-state index in [1.807, 2.05) is 13.8 Å². The molecule has 0 aromatic heterocycles. The molecular weight excluding hydrogens is 280 g/mol.